The standard InChI is InChI=1S/C19H19ClN4O3/c20-15-5-3-13(4-6-15)9-23-18(26)8-14-10-22-17-11-21-16(2-1-7-25)12-24(17)19(14)27/h3-6,10-12,25H,1-2,7-9H2,(H,23,26). The molecule has 7 nitrogen and oxygen atoms in total. The van der Waals surface area contributed by atoms with Crippen LogP contribution in [-0.4, -0.2) is 32.0 Å². The first-order chi connectivity index (χ1) is 13.1. The Bertz CT molecular complexity index is 1000. The lowest BCUT2D eigenvalue weighted by molar-refractivity contribution is -0.120. The molecule has 3 rings (SSSR count). The third-order valence-corrected chi connectivity index (χ3v) is 4.31. The molecular weight excluding hydrogens is 368 g/mol. The van der Waals surface area contributed by atoms with Crippen LogP contribution in [0.4, 0.5) is 0 Å². The molecule has 0 saturated heterocycles. The van der Waals surface area contributed by atoms with Crippen molar-refractivity contribution in [1.29, 1.82) is 0 Å². The van der Waals surface area contributed by atoms with Crippen LogP contribution in [0.2, 0.25) is 5.02 Å². The Balaban J connectivity index is 1.71. The molecule has 140 valence electrons. The highest BCUT2D eigenvalue weighted by atomic mass is 35.5. The number of aryl methyl sites for hydroxylation is 1. The molecule has 0 bridgehead atoms. The van der Waals surface area contributed by atoms with Crippen LogP contribution in [0.1, 0.15) is 23.2 Å². The van der Waals surface area contributed by atoms with E-state index in [4.69, 9.17) is 16.7 Å². The number of carbonyl (C=O) groups excluding carboxylic acids is 1. The fourth-order valence-electron chi connectivity index (χ4n) is 2.61. The zero-order chi connectivity index (χ0) is 19.2. The molecule has 1 amide bonds. The number of fused-ring (bicyclic) bond motifs is 1. The van der Waals surface area contributed by atoms with Gasteiger partial charge in [0.05, 0.1) is 18.3 Å². The lowest BCUT2D eigenvalue weighted by Crippen LogP contribution is -2.29. The van der Waals surface area contributed by atoms with Gasteiger partial charge in [-0.05, 0) is 30.5 Å². The third-order valence-electron chi connectivity index (χ3n) is 4.06. The van der Waals surface area contributed by atoms with Crippen molar-refractivity contribution in [3.05, 3.63) is 75.1 Å². The zero-order valence-electron chi connectivity index (χ0n) is 14.6. The molecule has 27 heavy (non-hydrogen) atoms. The average molecular weight is 387 g/mol. The van der Waals surface area contributed by atoms with Crippen molar-refractivity contribution < 1.29 is 9.90 Å². The van der Waals surface area contributed by atoms with Crippen molar-refractivity contribution in [1.82, 2.24) is 19.7 Å². The van der Waals surface area contributed by atoms with Crippen LogP contribution in [0.3, 0.4) is 0 Å². The van der Waals surface area contributed by atoms with E-state index in [0.29, 0.717) is 41.3 Å². The molecule has 0 aliphatic rings. The summed E-state index contributed by atoms with van der Waals surface area (Å²) < 4.78 is 1.39. The second-order valence-electron chi connectivity index (χ2n) is 6.10. The summed E-state index contributed by atoms with van der Waals surface area (Å²) in [7, 11) is 0. The first kappa shape index (κ1) is 19.0. The molecule has 1 aromatic carbocycles. The summed E-state index contributed by atoms with van der Waals surface area (Å²) >= 11 is 5.84. The second kappa shape index (κ2) is 8.75. The third kappa shape index (κ3) is 4.90. The maximum atomic E-state index is 12.7. The molecule has 0 aliphatic heterocycles. The van der Waals surface area contributed by atoms with Crippen LogP contribution in [0.25, 0.3) is 5.65 Å². The van der Waals surface area contributed by atoms with E-state index in [-0.39, 0.29) is 24.5 Å². The Morgan fingerprint density at radius 3 is 2.70 bits per heavy atom. The first-order valence-electron chi connectivity index (χ1n) is 8.54. The van der Waals surface area contributed by atoms with Crippen LogP contribution in [0, 0.1) is 0 Å². The number of rotatable bonds is 7. The van der Waals surface area contributed by atoms with Crippen LogP contribution >= 0.6 is 11.6 Å². The number of carbonyl (C=O) groups is 1. The van der Waals surface area contributed by atoms with Crippen LogP contribution in [0.15, 0.2) is 47.7 Å². The summed E-state index contributed by atoms with van der Waals surface area (Å²) in [4.78, 5) is 33.3. The fourth-order valence-corrected chi connectivity index (χ4v) is 2.74. The van der Waals surface area contributed by atoms with Gasteiger partial charge in [0.15, 0.2) is 5.65 Å². The van der Waals surface area contributed by atoms with E-state index in [1.165, 1.54) is 16.8 Å². The normalized spacial score (nSPS) is 10.9. The van der Waals surface area contributed by atoms with Crippen molar-refractivity contribution in [2.45, 2.75) is 25.8 Å². The van der Waals surface area contributed by atoms with Gasteiger partial charge in [-0.25, -0.2) is 4.98 Å². The van der Waals surface area contributed by atoms with E-state index < -0.39 is 0 Å². The minimum absolute atomic E-state index is 0.0562. The molecule has 0 radical (unpaired) electrons. The molecule has 3 aromatic rings. The number of benzene rings is 1. The van der Waals surface area contributed by atoms with E-state index in [0.717, 1.165) is 5.56 Å². The Morgan fingerprint density at radius 1 is 1.19 bits per heavy atom. The summed E-state index contributed by atoms with van der Waals surface area (Å²) in [6, 6.07) is 7.17. The van der Waals surface area contributed by atoms with E-state index in [1.54, 1.807) is 18.3 Å². The molecule has 2 heterocycles. The monoisotopic (exact) mass is 386 g/mol. The lowest BCUT2D eigenvalue weighted by Gasteiger charge is -2.07. The maximum Gasteiger partial charge on any atom is 0.261 e. The average Bonchev–Trinajstić information content (AvgIpc) is 2.68. The van der Waals surface area contributed by atoms with Gasteiger partial charge in [0, 0.05) is 36.1 Å². The fraction of sp³-hybridized carbons (Fsp3) is 0.263. The predicted molar refractivity (Wildman–Crippen MR) is 102 cm³/mol. The number of hydrogen-bond acceptors (Lipinski definition) is 5. The highest BCUT2D eigenvalue weighted by Gasteiger charge is 2.11. The lowest BCUT2D eigenvalue weighted by atomic mass is 10.2. The number of aliphatic hydroxyl groups excluding tert-OH is 1. The number of amides is 1. The van der Waals surface area contributed by atoms with Gasteiger partial charge in [0.1, 0.15) is 0 Å². The van der Waals surface area contributed by atoms with Crippen LogP contribution < -0.4 is 10.9 Å². The number of nitrogens with zero attached hydrogens (tertiary/aromatic N) is 3. The van der Waals surface area contributed by atoms with E-state index in [2.05, 4.69) is 15.3 Å². The predicted octanol–water partition coefficient (Wildman–Crippen LogP) is 1.53. The highest BCUT2D eigenvalue weighted by Crippen LogP contribution is 2.09. The molecule has 0 spiro atoms. The summed E-state index contributed by atoms with van der Waals surface area (Å²) in [6.45, 7) is 0.411. The summed E-state index contributed by atoms with van der Waals surface area (Å²) in [6.07, 6.45) is 5.59. The minimum atomic E-state index is -0.297. The van der Waals surface area contributed by atoms with Gasteiger partial charge in [0.2, 0.25) is 5.91 Å². The zero-order valence-corrected chi connectivity index (χ0v) is 15.3. The summed E-state index contributed by atoms with van der Waals surface area (Å²) in [5, 5.41) is 12.3. The van der Waals surface area contributed by atoms with E-state index in [1.807, 2.05) is 12.1 Å². The number of hydrogen-bond donors (Lipinski definition) is 2. The Hall–Kier alpha value is -2.77. The van der Waals surface area contributed by atoms with Gasteiger partial charge in [0.25, 0.3) is 5.56 Å². The molecule has 2 N–H and O–H groups in total. The number of nitrogens with one attached hydrogen (secondary N) is 1. The number of aliphatic hydroxyl groups is 1. The van der Waals surface area contributed by atoms with Gasteiger partial charge >= 0.3 is 0 Å². The Labute approximate surface area is 160 Å². The van der Waals surface area contributed by atoms with Crippen LogP contribution in [0.5, 0.6) is 0 Å². The molecule has 2 aromatic heterocycles. The van der Waals surface area contributed by atoms with Gasteiger partial charge in [-0.3, -0.25) is 19.0 Å². The Morgan fingerprint density at radius 2 is 1.96 bits per heavy atom. The van der Waals surface area contributed by atoms with Crippen molar-refractivity contribution >= 4 is 23.2 Å². The smallest absolute Gasteiger partial charge is 0.261 e. The SMILES string of the molecule is O=C(Cc1cnc2cnc(CCCO)cn2c1=O)NCc1ccc(Cl)cc1. The number of aromatic nitrogens is 3. The summed E-state index contributed by atoms with van der Waals surface area (Å²) in [5.41, 5.74) is 2.03. The van der Waals surface area contributed by atoms with Crippen LogP contribution in [-0.2, 0) is 24.2 Å². The first-order valence-corrected chi connectivity index (χ1v) is 8.92. The van der Waals surface area contributed by atoms with Gasteiger partial charge in [-0.1, -0.05) is 23.7 Å². The van der Waals surface area contributed by atoms with Crippen molar-refractivity contribution in [3.8, 4) is 0 Å². The maximum absolute atomic E-state index is 12.7. The van der Waals surface area contributed by atoms with Gasteiger partial charge in [-0.2, -0.15) is 0 Å². The highest BCUT2D eigenvalue weighted by molar-refractivity contribution is 6.30. The van der Waals surface area contributed by atoms with Crippen molar-refractivity contribution in [2.75, 3.05) is 6.61 Å². The largest absolute Gasteiger partial charge is 0.396 e. The molecule has 0 aliphatic carbocycles. The topological polar surface area (TPSA) is 96.6 Å². The van der Waals surface area contributed by atoms with Crippen molar-refractivity contribution in [2.24, 2.45) is 0 Å². The van der Waals surface area contributed by atoms with Crippen molar-refractivity contribution in [3.63, 3.8) is 0 Å². The quantitative estimate of drug-likeness (QED) is 0.641. The molecular formula is C19H19ClN4O3. The van der Waals surface area contributed by atoms with E-state index in [9.17, 15) is 9.59 Å². The molecule has 0 unspecified atom stereocenters. The van der Waals surface area contributed by atoms with Gasteiger partial charge < -0.3 is 10.4 Å². The number of halogens is 1. The second-order valence-corrected chi connectivity index (χ2v) is 6.54. The molecule has 0 fully saturated rings. The molecule has 0 saturated carbocycles. The van der Waals surface area contributed by atoms with Gasteiger partial charge in [-0.15, -0.1) is 0 Å². The molecule has 8 heteroatoms. The minimum Gasteiger partial charge on any atom is -0.396 e. The summed E-state index contributed by atoms with van der Waals surface area (Å²) in [5.74, 6) is -0.265. The van der Waals surface area contributed by atoms with E-state index >= 15 is 0 Å². The Kier molecular flexibility index (Phi) is 6.16. The molecule has 0 atom stereocenters.